The third-order valence-electron chi connectivity index (χ3n) is 3.19. The SMILES string of the molecule is C=CCOc1c(Cl)cc(Cl)cc1/C=C(\C#N)c1ccc([N+](=O)[O-])cc1. The van der Waals surface area contributed by atoms with E-state index in [1.807, 2.05) is 0 Å². The predicted molar refractivity (Wildman–Crippen MR) is 98.7 cm³/mol. The van der Waals surface area contributed by atoms with Gasteiger partial charge in [0.15, 0.2) is 0 Å². The van der Waals surface area contributed by atoms with Gasteiger partial charge in [-0.1, -0.05) is 35.9 Å². The number of nitrogens with zero attached hydrogens (tertiary/aromatic N) is 2. The molecule has 25 heavy (non-hydrogen) atoms. The first kappa shape index (κ1) is 18.5. The minimum Gasteiger partial charge on any atom is -0.487 e. The van der Waals surface area contributed by atoms with Gasteiger partial charge in [0.2, 0.25) is 0 Å². The van der Waals surface area contributed by atoms with Gasteiger partial charge >= 0.3 is 0 Å². The average Bonchev–Trinajstić information content (AvgIpc) is 2.58. The van der Waals surface area contributed by atoms with Crippen molar-refractivity contribution in [3.8, 4) is 11.8 Å². The maximum absolute atomic E-state index is 10.7. The molecule has 0 aliphatic rings. The first-order chi connectivity index (χ1) is 12.0. The van der Waals surface area contributed by atoms with Crippen molar-refractivity contribution in [2.45, 2.75) is 0 Å². The standard InChI is InChI=1S/C18H12Cl2N2O3/c1-2-7-25-18-13(9-15(19)10-17(18)20)8-14(11-21)12-3-5-16(6-4-12)22(23)24/h2-6,8-10H,1,7H2/b14-8+. The Balaban J connectivity index is 2.50. The Labute approximate surface area is 154 Å². The van der Waals surface area contributed by atoms with Gasteiger partial charge in [-0.25, -0.2) is 0 Å². The van der Waals surface area contributed by atoms with Crippen molar-refractivity contribution in [3.63, 3.8) is 0 Å². The molecule has 0 amide bonds. The Morgan fingerprint density at radius 1 is 1.32 bits per heavy atom. The molecule has 0 aromatic heterocycles. The summed E-state index contributed by atoms with van der Waals surface area (Å²) in [6.07, 6.45) is 3.14. The number of hydrogen-bond donors (Lipinski definition) is 0. The van der Waals surface area contributed by atoms with Crippen LogP contribution < -0.4 is 4.74 Å². The van der Waals surface area contributed by atoms with E-state index in [2.05, 4.69) is 12.6 Å². The summed E-state index contributed by atoms with van der Waals surface area (Å²) in [5, 5.41) is 20.9. The van der Waals surface area contributed by atoms with Gasteiger partial charge in [0.05, 0.1) is 21.6 Å². The molecule has 0 aliphatic carbocycles. The Kier molecular flexibility index (Phi) is 6.18. The van der Waals surface area contributed by atoms with E-state index in [-0.39, 0.29) is 17.9 Å². The van der Waals surface area contributed by atoms with Crippen LogP contribution in [0.1, 0.15) is 11.1 Å². The largest absolute Gasteiger partial charge is 0.487 e. The average molecular weight is 375 g/mol. The molecule has 2 aromatic rings. The number of allylic oxidation sites excluding steroid dienone is 1. The maximum Gasteiger partial charge on any atom is 0.269 e. The highest BCUT2D eigenvalue weighted by Gasteiger charge is 2.12. The molecule has 0 radical (unpaired) electrons. The Bertz CT molecular complexity index is 884. The Hall–Kier alpha value is -2.81. The van der Waals surface area contributed by atoms with Gasteiger partial charge in [0.25, 0.3) is 5.69 Å². The summed E-state index contributed by atoms with van der Waals surface area (Å²) in [6.45, 7) is 3.82. The molecule has 5 nitrogen and oxygen atoms in total. The molecular formula is C18H12Cl2N2O3. The monoisotopic (exact) mass is 374 g/mol. The minimum absolute atomic E-state index is 0.0538. The van der Waals surface area contributed by atoms with Gasteiger partial charge in [-0.15, -0.1) is 0 Å². The zero-order chi connectivity index (χ0) is 18.4. The molecule has 7 heteroatoms. The number of non-ortho nitro benzene ring substituents is 1. The van der Waals surface area contributed by atoms with E-state index in [4.69, 9.17) is 27.9 Å². The van der Waals surface area contributed by atoms with Crippen LogP contribution >= 0.6 is 23.2 Å². The van der Waals surface area contributed by atoms with Gasteiger partial charge in [0.1, 0.15) is 12.4 Å². The van der Waals surface area contributed by atoms with Crippen LogP contribution in [0.15, 0.2) is 49.1 Å². The highest BCUT2D eigenvalue weighted by Crippen LogP contribution is 2.35. The van der Waals surface area contributed by atoms with E-state index in [1.54, 1.807) is 18.2 Å². The lowest BCUT2D eigenvalue weighted by Crippen LogP contribution is -1.96. The van der Waals surface area contributed by atoms with Gasteiger partial charge in [-0.2, -0.15) is 5.26 Å². The second-order valence-corrected chi connectivity index (χ2v) is 5.72. The number of nitriles is 1. The normalized spacial score (nSPS) is 10.8. The maximum atomic E-state index is 10.7. The van der Waals surface area contributed by atoms with Crippen LogP contribution in [0, 0.1) is 21.4 Å². The first-order valence-electron chi connectivity index (χ1n) is 7.05. The number of benzene rings is 2. The highest BCUT2D eigenvalue weighted by molar-refractivity contribution is 6.36. The zero-order valence-corrected chi connectivity index (χ0v) is 14.4. The van der Waals surface area contributed by atoms with Gasteiger partial charge in [-0.3, -0.25) is 10.1 Å². The molecule has 0 spiro atoms. The van der Waals surface area contributed by atoms with E-state index in [1.165, 1.54) is 30.3 Å². The van der Waals surface area contributed by atoms with Crippen molar-refractivity contribution in [2.75, 3.05) is 6.61 Å². The van der Waals surface area contributed by atoms with E-state index < -0.39 is 4.92 Å². The number of rotatable bonds is 6. The number of halogens is 2. The van der Waals surface area contributed by atoms with Gasteiger partial charge < -0.3 is 4.74 Å². The molecule has 126 valence electrons. The fraction of sp³-hybridized carbons (Fsp3) is 0.0556. The number of nitro groups is 1. The van der Waals surface area contributed by atoms with Crippen molar-refractivity contribution in [3.05, 3.63) is 80.3 Å². The Morgan fingerprint density at radius 3 is 2.56 bits per heavy atom. The lowest BCUT2D eigenvalue weighted by molar-refractivity contribution is -0.384. The quantitative estimate of drug-likeness (QED) is 0.219. The lowest BCUT2D eigenvalue weighted by Gasteiger charge is -2.11. The molecule has 2 aromatic carbocycles. The van der Waals surface area contributed by atoms with Crippen LogP contribution in [0.4, 0.5) is 5.69 Å². The molecule has 0 saturated heterocycles. The fourth-order valence-corrected chi connectivity index (χ4v) is 2.64. The molecule has 0 heterocycles. The van der Waals surface area contributed by atoms with E-state index in [0.29, 0.717) is 26.9 Å². The topological polar surface area (TPSA) is 76.2 Å². The molecule has 0 N–H and O–H groups in total. The lowest BCUT2D eigenvalue weighted by atomic mass is 10.0. The summed E-state index contributed by atoms with van der Waals surface area (Å²) < 4.78 is 5.55. The molecule has 0 bridgehead atoms. The van der Waals surface area contributed by atoms with Crippen LogP contribution in [0.3, 0.4) is 0 Å². The van der Waals surface area contributed by atoms with E-state index in [0.717, 1.165) is 0 Å². The summed E-state index contributed by atoms with van der Waals surface area (Å²) in [5.74, 6) is 0.376. The van der Waals surface area contributed by atoms with Crippen molar-refractivity contribution in [1.82, 2.24) is 0 Å². The van der Waals surface area contributed by atoms with Crippen molar-refractivity contribution < 1.29 is 9.66 Å². The van der Waals surface area contributed by atoms with Gasteiger partial charge in [0, 0.05) is 22.7 Å². The second-order valence-electron chi connectivity index (χ2n) is 4.88. The summed E-state index contributed by atoms with van der Waals surface area (Å²) in [7, 11) is 0. The van der Waals surface area contributed by atoms with E-state index >= 15 is 0 Å². The van der Waals surface area contributed by atoms with Crippen LogP contribution in [-0.2, 0) is 0 Å². The van der Waals surface area contributed by atoms with Crippen LogP contribution in [-0.4, -0.2) is 11.5 Å². The smallest absolute Gasteiger partial charge is 0.269 e. The predicted octanol–water partition coefficient (Wildman–Crippen LogP) is 5.53. The van der Waals surface area contributed by atoms with Crippen LogP contribution in [0.25, 0.3) is 11.6 Å². The molecule has 2 rings (SSSR count). The molecule has 0 saturated carbocycles. The summed E-state index contributed by atoms with van der Waals surface area (Å²) in [5.41, 5.74) is 1.28. The third kappa shape index (κ3) is 4.60. The van der Waals surface area contributed by atoms with Crippen molar-refractivity contribution in [2.24, 2.45) is 0 Å². The molecule has 0 unspecified atom stereocenters. The van der Waals surface area contributed by atoms with E-state index in [9.17, 15) is 15.4 Å². The van der Waals surface area contributed by atoms with Crippen LogP contribution in [0.2, 0.25) is 10.0 Å². The molecule has 0 atom stereocenters. The fourth-order valence-electron chi connectivity index (χ4n) is 2.08. The Morgan fingerprint density at radius 2 is 2.00 bits per heavy atom. The summed E-state index contributed by atoms with van der Waals surface area (Å²) >= 11 is 12.2. The molecule has 0 aliphatic heterocycles. The van der Waals surface area contributed by atoms with Crippen molar-refractivity contribution >= 4 is 40.5 Å². The number of nitro benzene ring substituents is 1. The summed E-state index contributed by atoms with van der Waals surface area (Å²) in [6, 6.07) is 10.9. The zero-order valence-electron chi connectivity index (χ0n) is 12.9. The third-order valence-corrected chi connectivity index (χ3v) is 3.69. The minimum atomic E-state index is -0.502. The number of ether oxygens (including phenoxy) is 1. The van der Waals surface area contributed by atoms with Gasteiger partial charge in [-0.05, 0) is 35.9 Å². The van der Waals surface area contributed by atoms with Crippen molar-refractivity contribution in [1.29, 1.82) is 5.26 Å². The summed E-state index contributed by atoms with van der Waals surface area (Å²) in [4.78, 5) is 10.2. The molecule has 0 fully saturated rings. The number of hydrogen-bond acceptors (Lipinski definition) is 4. The second kappa shape index (κ2) is 8.34. The van der Waals surface area contributed by atoms with Crippen LogP contribution in [0.5, 0.6) is 5.75 Å². The first-order valence-corrected chi connectivity index (χ1v) is 7.81. The highest BCUT2D eigenvalue weighted by atomic mass is 35.5. The molecular weight excluding hydrogens is 363 g/mol.